The predicted octanol–water partition coefficient (Wildman–Crippen LogP) is 4.04. The number of nitrogens with one attached hydrogen (secondary N) is 1. The lowest BCUT2D eigenvalue weighted by Gasteiger charge is -2.26. The van der Waals surface area contributed by atoms with Crippen LogP contribution in [0.25, 0.3) is 10.9 Å². The van der Waals surface area contributed by atoms with Crippen molar-refractivity contribution in [3.05, 3.63) is 41.6 Å². The van der Waals surface area contributed by atoms with Crippen LogP contribution in [0, 0.1) is 6.92 Å². The summed E-state index contributed by atoms with van der Waals surface area (Å²) in [6.45, 7) is 7.25. The Balaban J connectivity index is 2.25. The van der Waals surface area contributed by atoms with Crippen molar-refractivity contribution in [2.75, 3.05) is 5.88 Å². The monoisotopic (exact) mass is 276 g/mol. The maximum atomic E-state index is 5.84. The molecule has 1 heterocycles. The average molecular weight is 277 g/mol. The van der Waals surface area contributed by atoms with Crippen molar-refractivity contribution < 1.29 is 0 Å². The van der Waals surface area contributed by atoms with Gasteiger partial charge in [-0.1, -0.05) is 18.2 Å². The van der Waals surface area contributed by atoms with Crippen molar-refractivity contribution in [1.29, 1.82) is 0 Å². The van der Waals surface area contributed by atoms with Gasteiger partial charge in [-0.05, 0) is 44.9 Å². The number of benzene rings is 1. The molecule has 2 aromatic rings. The Morgan fingerprint density at radius 1 is 1.26 bits per heavy atom. The van der Waals surface area contributed by atoms with Crippen LogP contribution in [-0.4, -0.2) is 16.4 Å². The number of aryl methyl sites for hydroxylation is 1. The molecule has 102 valence electrons. The fourth-order valence-electron chi connectivity index (χ4n) is 2.20. The smallest absolute Gasteiger partial charge is 0.0708 e. The highest BCUT2D eigenvalue weighted by molar-refractivity contribution is 6.17. The number of aromatic nitrogens is 1. The van der Waals surface area contributed by atoms with Gasteiger partial charge in [0.05, 0.1) is 5.52 Å². The van der Waals surface area contributed by atoms with E-state index in [1.54, 1.807) is 0 Å². The minimum atomic E-state index is 0.0556. The van der Waals surface area contributed by atoms with Crippen LogP contribution in [0.5, 0.6) is 0 Å². The van der Waals surface area contributed by atoms with Gasteiger partial charge in [-0.2, -0.15) is 0 Å². The Hall–Kier alpha value is -1.12. The van der Waals surface area contributed by atoms with E-state index in [1.165, 1.54) is 10.9 Å². The van der Waals surface area contributed by atoms with Crippen molar-refractivity contribution in [2.45, 2.75) is 39.3 Å². The number of halogens is 1. The molecular formula is C16H21ClN2. The highest BCUT2D eigenvalue weighted by Gasteiger charge is 2.16. The normalized spacial score (nSPS) is 12.0. The number of fused-ring (bicyclic) bond motifs is 1. The molecule has 1 aromatic heterocycles. The first-order valence-corrected chi connectivity index (χ1v) is 7.21. The lowest BCUT2D eigenvalue weighted by molar-refractivity contribution is 0.377. The molecule has 0 saturated carbocycles. The molecule has 2 rings (SSSR count). The fraction of sp³-hybridized carbons (Fsp3) is 0.438. The van der Waals surface area contributed by atoms with E-state index in [9.17, 15) is 0 Å². The minimum Gasteiger partial charge on any atom is -0.308 e. The number of alkyl halides is 1. The summed E-state index contributed by atoms with van der Waals surface area (Å²) in [5.74, 6) is 0.677. The standard InChI is InChI=1S/C16H21ClN2/c1-12-10-13(11-18-16(2,3)8-9-17)14-6-4-5-7-15(14)19-12/h4-7,10,18H,8-9,11H2,1-3H3. The molecule has 1 aromatic carbocycles. The molecule has 19 heavy (non-hydrogen) atoms. The minimum absolute atomic E-state index is 0.0556. The highest BCUT2D eigenvalue weighted by Crippen LogP contribution is 2.19. The number of para-hydroxylation sites is 1. The molecule has 0 aliphatic heterocycles. The van der Waals surface area contributed by atoms with E-state index in [2.05, 4.69) is 48.4 Å². The quantitative estimate of drug-likeness (QED) is 0.834. The molecule has 3 heteroatoms. The number of pyridine rings is 1. The third-order valence-electron chi connectivity index (χ3n) is 3.41. The zero-order valence-electron chi connectivity index (χ0n) is 11.8. The number of nitrogens with zero attached hydrogens (tertiary/aromatic N) is 1. The first kappa shape index (κ1) is 14.3. The SMILES string of the molecule is Cc1cc(CNC(C)(C)CCCl)c2ccccc2n1. The summed E-state index contributed by atoms with van der Waals surface area (Å²) in [6, 6.07) is 10.4. The maximum Gasteiger partial charge on any atom is 0.0708 e. The summed E-state index contributed by atoms with van der Waals surface area (Å²) in [4.78, 5) is 4.57. The fourth-order valence-corrected chi connectivity index (χ4v) is 2.67. The second-order valence-corrected chi connectivity index (χ2v) is 5.99. The molecule has 0 atom stereocenters. The van der Waals surface area contributed by atoms with Crippen LogP contribution in [0.4, 0.5) is 0 Å². The van der Waals surface area contributed by atoms with E-state index < -0.39 is 0 Å². The molecule has 0 saturated heterocycles. The number of hydrogen-bond donors (Lipinski definition) is 1. The average Bonchev–Trinajstić information content (AvgIpc) is 2.36. The first-order valence-electron chi connectivity index (χ1n) is 6.68. The lowest BCUT2D eigenvalue weighted by Crippen LogP contribution is -2.39. The molecule has 0 bridgehead atoms. The molecule has 0 aliphatic carbocycles. The van der Waals surface area contributed by atoms with Crippen molar-refractivity contribution in [2.24, 2.45) is 0 Å². The molecule has 0 unspecified atom stereocenters. The van der Waals surface area contributed by atoms with Crippen LogP contribution in [-0.2, 0) is 6.54 Å². The van der Waals surface area contributed by atoms with Crippen molar-refractivity contribution in [1.82, 2.24) is 10.3 Å². The Kier molecular flexibility index (Phi) is 4.43. The number of hydrogen-bond acceptors (Lipinski definition) is 2. The molecule has 0 amide bonds. The van der Waals surface area contributed by atoms with Crippen LogP contribution in [0.1, 0.15) is 31.5 Å². The second kappa shape index (κ2) is 5.89. The van der Waals surface area contributed by atoms with Gasteiger partial charge in [0.25, 0.3) is 0 Å². The van der Waals surface area contributed by atoms with E-state index in [1.807, 2.05) is 13.0 Å². The molecule has 0 radical (unpaired) electrons. The van der Waals surface area contributed by atoms with Gasteiger partial charge in [-0.15, -0.1) is 11.6 Å². The molecular weight excluding hydrogens is 256 g/mol. The first-order chi connectivity index (χ1) is 9.02. The van der Waals surface area contributed by atoms with Crippen LogP contribution in [0.3, 0.4) is 0 Å². The largest absolute Gasteiger partial charge is 0.308 e. The summed E-state index contributed by atoms with van der Waals surface area (Å²) in [5.41, 5.74) is 3.48. The van der Waals surface area contributed by atoms with E-state index in [0.29, 0.717) is 5.88 Å². The Bertz CT molecular complexity index is 564. The molecule has 2 nitrogen and oxygen atoms in total. The van der Waals surface area contributed by atoms with Crippen molar-refractivity contribution >= 4 is 22.5 Å². The van der Waals surface area contributed by atoms with E-state index in [-0.39, 0.29) is 5.54 Å². The summed E-state index contributed by atoms with van der Waals surface area (Å²) in [5, 5.41) is 4.81. The van der Waals surface area contributed by atoms with Gasteiger partial charge in [-0.3, -0.25) is 4.98 Å². The predicted molar refractivity (Wildman–Crippen MR) is 82.7 cm³/mol. The Labute approximate surface area is 120 Å². The number of rotatable bonds is 5. The van der Waals surface area contributed by atoms with Crippen LogP contribution >= 0.6 is 11.6 Å². The van der Waals surface area contributed by atoms with E-state index >= 15 is 0 Å². The van der Waals surface area contributed by atoms with Crippen molar-refractivity contribution in [3.8, 4) is 0 Å². The van der Waals surface area contributed by atoms with Crippen LogP contribution < -0.4 is 5.32 Å². The zero-order chi connectivity index (χ0) is 13.9. The second-order valence-electron chi connectivity index (χ2n) is 5.62. The summed E-state index contributed by atoms with van der Waals surface area (Å²) >= 11 is 5.84. The summed E-state index contributed by atoms with van der Waals surface area (Å²) < 4.78 is 0. The van der Waals surface area contributed by atoms with Crippen molar-refractivity contribution in [3.63, 3.8) is 0 Å². The molecule has 1 N–H and O–H groups in total. The maximum absolute atomic E-state index is 5.84. The summed E-state index contributed by atoms with van der Waals surface area (Å²) in [6.07, 6.45) is 0.955. The van der Waals surface area contributed by atoms with Crippen LogP contribution in [0.2, 0.25) is 0 Å². The van der Waals surface area contributed by atoms with Gasteiger partial charge < -0.3 is 5.32 Å². The van der Waals surface area contributed by atoms with Gasteiger partial charge in [0.1, 0.15) is 0 Å². The molecule has 0 fully saturated rings. The third kappa shape index (κ3) is 3.68. The van der Waals surface area contributed by atoms with Crippen LogP contribution in [0.15, 0.2) is 30.3 Å². The van der Waals surface area contributed by atoms with Gasteiger partial charge in [0.15, 0.2) is 0 Å². The lowest BCUT2D eigenvalue weighted by atomic mass is 10.0. The third-order valence-corrected chi connectivity index (χ3v) is 3.60. The van der Waals surface area contributed by atoms with Gasteiger partial charge in [-0.25, -0.2) is 0 Å². The summed E-state index contributed by atoms with van der Waals surface area (Å²) in [7, 11) is 0. The zero-order valence-corrected chi connectivity index (χ0v) is 12.6. The molecule has 0 aliphatic rings. The Morgan fingerprint density at radius 3 is 2.74 bits per heavy atom. The Morgan fingerprint density at radius 2 is 2.00 bits per heavy atom. The van der Waals surface area contributed by atoms with Gasteiger partial charge in [0.2, 0.25) is 0 Å². The van der Waals surface area contributed by atoms with Gasteiger partial charge in [0, 0.05) is 29.0 Å². The molecule has 0 spiro atoms. The topological polar surface area (TPSA) is 24.9 Å². The van der Waals surface area contributed by atoms with E-state index in [4.69, 9.17) is 11.6 Å². The highest BCUT2D eigenvalue weighted by atomic mass is 35.5. The van der Waals surface area contributed by atoms with Gasteiger partial charge >= 0.3 is 0 Å². The van der Waals surface area contributed by atoms with E-state index in [0.717, 1.165) is 24.2 Å².